The van der Waals surface area contributed by atoms with Crippen LogP contribution in [0, 0.1) is 0 Å². The number of hydrogen-bond donors (Lipinski definition) is 0. The van der Waals surface area contributed by atoms with Crippen LogP contribution in [-0.4, -0.2) is 4.57 Å². The molecule has 2 aromatic heterocycles. The molecule has 286 valence electrons. The molecular formula is C58H38N2O. The molecule has 0 amide bonds. The van der Waals surface area contributed by atoms with Gasteiger partial charge in [0.15, 0.2) is 0 Å². The van der Waals surface area contributed by atoms with Crippen LogP contribution >= 0.6 is 0 Å². The van der Waals surface area contributed by atoms with E-state index in [4.69, 9.17) is 4.42 Å². The largest absolute Gasteiger partial charge is 0.456 e. The monoisotopic (exact) mass is 778 g/mol. The standard InChI is InChI=1S/C58H38N2O/c1-2-14-43-37-44(30-29-39(43)13-1)42-27-25-40(26-28-42)41-31-34-46(35-32-41)59(52-19-7-3-15-47(52)45-33-36-58-51(38-45)50-18-6-12-24-57(50)61-58)55-22-10-11-23-56(55)60-53-20-8-4-16-48(53)49-17-5-9-21-54(49)60/h1-38H. The molecule has 0 saturated heterocycles. The summed E-state index contributed by atoms with van der Waals surface area (Å²) in [4.78, 5) is 2.43. The van der Waals surface area contributed by atoms with Gasteiger partial charge in [-0.1, -0.05) is 164 Å². The van der Waals surface area contributed by atoms with Gasteiger partial charge >= 0.3 is 0 Å². The van der Waals surface area contributed by atoms with Gasteiger partial charge in [-0.15, -0.1) is 0 Å². The van der Waals surface area contributed by atoms with Crippen LogP contribution in [0.15, 0.2) is 235 Å². The zero-order chi connectivity index (χ0) is 40.3. The Morgan fingerprint density at radius 2 is 0.852 bits per heavy atom. The molecule has 0 aliphatic carbocycles. The van der Waals surface area contributed by atoms with Crippen molar-refractivity contribution in [3.05, 3.63) is 231 Å². The molecule has 0 saturated carbocycles. The second-order valence-electron chi connectivity index (χ2n) is 15.7. The van der Waals surface area contributed by atoms with E-state index in [1.165, 1.54) is 49.3 Å². The lowest BCUT2D eigenvalue weighted by molar-refractivity contribution is 0.669. The highest BCUT2D eigenvalue weighted by molar-refractivity contribution is 6.10. The van der Waals surface area contributed by atoms with Crippen molar-refractivity contribution in [3.63, 3.8) is 0 Å². The Kier molecular flexibility index (Phi) is 8.17. The maximum atomic E-state index is 6.27. The second kappa shape index (κ2) is 14.3. The van der Waals surface area contributed by atoms with E-state index in [0.29, 0.717) is 0 Å². The molecular weight excluding hydrogens is 741 g/mol. The van der Waals surface area contributed by atoms with E-state index in [2.05, 4.69) is 228 Å². The maximum absolute atomic E-state index is 6.27. The van der Waals surface area contributed by atoms with Gasteiger partial charge < -0.3 is 13.9 Å². The molecule has 0 spiro atoms. The highest BCUT2D eigenvalue weighted by Crippen LogP contribution is 2.46. The minimum Gasteiger partial charge on any atom is -0.456 e. The van der Waals surface area contributed by atoms with Crippen molar-refractivity contribution >= 4 is 71.6 Å². The SMILES string of the molecule is c1ccc(N(c2ccc(-c3ccc(-c4ccc5ccccc5c4)cc3)cc2)c2ccccc2-n2c3ccccc3c3ccccc32)c(-c2ccc3oc4ccccc4c3c2)c1. The number of nitrogens with zero attached hydrogens (tertiary/aromatic N) is 2. The van der Waals surface area contributed by atoms with Gasteiger partial charge in [0.1, 0.15) is 11.2 Å². The van der Waals surface area contributed by atoms with Crippen molar-refractivity contribution in [2.45, 2.75) is 0 Å². The second-order valence-corrected chi connectivity index (χ2v) is 15.7. The first-order valence-electron chi connectivity index (χ1n) is 20.8. The molecule has 0 atom stereocenters. The molecule has 0 aliphatic rings. The van der Waals surface area contributed by atoms with Gasteiger partial charge in [-0.25, -0.2) is 0 Å². The van der Waals surface area contributed by atoms with Gasteiger partial charge in [-0.05, 0) is 105 Å². The fourth-order valence-corrected chi connectivity index (χ4v) is 9.27. The maximum Gasteiger partial charge on any atom is 0.135 e. The van der Waals surface area contributed by atoms with Gasteiger partial charge in [0.25, 0.3) is 0 Å². The van der Waals surface area contributed by atoms with Crippen LogP contribution < -0.4 is 4.90 Å². The summed E-state index contributed by atoms with van der Waals surface area (Å²) in [7, 11) is 0. The fourth-order valence-electron chi connectivity index (χ4n) is 9.27. The third-order valence-corrected chi connectivity index (χ3v) is 12.2. The quantitative estimate of drug-likeness (QED) is 0.161. The van der Waals surface area contributed by atoms with Gasteiger partial charge in [0, 0.05) is 32.8 Å². The number of furan rings is 1. The lowest BCUT2D eigenvalue weighted by Crippen LogP contribution is -2.14. The van der Waals surface area contributed by atoms with Crippen LogP contribution in [0.4, 0.5) is 17.1 Å². The van der Waals surface area contributed by atoms with Crippen molar-refractivity contribution < 1.29 is 4.42 Å². The van der Waals surface area contributed by atoms with Crippen LogP contribution in [0.2, 0.25) is 0 Å². The number of rotatable bonds is 7. The summed E-state index contributed by atoms with van der Waals surface area (Å²) in [6.45, 7) is 0. The lowest BCUT2D eigenvalue weighted by atomic mass is 9.97. The van der Waals surface area contributed by atoms with Crippen LogP contribution in [-0.2, 0) is 0 Å². The van der Waals surface area contributed by atoms with E-state index < -0.39 is 0 Å². The Labute approximate surface area is 353 Å². The number of hydrogen-bond acceptors (Lipinski definition) is 2. The molecule has 0 N–H and O–H groups in total. The molecule has 0 fully saturated rings. The Morgan fingerprint density at radius 1 is 0.328 bits per heavy atom. The Morgan fingerprint density at radius 3 is 1.61 bits per heavy atom. The summed E-state index contributed by atoms with van der Waals surface area (Å²) in [6.07, 6.45) is 0. The molecule has 3 heteroatoms. The topological polar surface area (TPSA) is 21.3 Å². The van der Waals surface area contributed by atoms with Gasteiger partial charge in [0.05, 0.1) is 28.1 Å². The summed E-state index contributed by atoms with van der Waals surface area (Å²) in [6, 6.07) is 83.1. The van der Waals surface area contributed by atoms with Crippen molar-refractivity contribution in [2.24, 2.45) is 0 Å². The minimum absolute atomic E-state index is 0.886. The molecule has 3 nitrogen and oxygen atoms in total. The Balaban J connectivity index is 1.01. The molecule has 61 heavy (non-hydrogen) atoms. The molecule has 0 aliphatic heterocycles. The molecule has 0 radical (unpaired) electrons. The first-order chi connectivity index (χ1) is 30.2. The van der Waals surface area contributed by atoms with Crippen molar-refractivity contribution in [1.82, 2.24) is 4.57 Å². The predicted octanol–water partition coefficient (Wildman–Crippen LogP) is 16.3. The molecule has 12 rings (SSSR count). The number of aromatic nitrogens is 1. The summed E-state index contributed by atoms with van der Waals surface area (Å²) < 4.78 is 8.69. The number of benzene rings is 10. The number of fused-ring (bicyclic) bond motifs is 7. The van der Waals surface area contributed by atoms with E-state index in [1.807, 2.05) is 12.1 Å². The number of para-hydroxylation sites is 6. The van der Waals surface area contributed by atoms with Gasteiger partial charge in [-0.2, -0.15) is 0 Å². The zero-order valence-corrected chi connectivity index (χ0v) is 33.2. The summed E-state index contributed by atoms with van der Waals surface area (Å²) in [5.41, 5.74) is 15.4. The third-order valence-electron chi connectivity index (χ3n) is 12.2. The normalized spacial score (nSPS) is 11.6. The summed E-state index contributed by atoms with van der Waals surface area (Å²) >= 11 is 0. The van der Waals surface area contributed by atoms with Crippen LogP contribution in [0.5, 0.6) is 0 Å². The number of anilines is 3. The Hall–Kier alpha value is -8.14. The van der Waals surface area contributed by atoms with Gasteiger partial charge in [-0.3, -0.25) is 0 Å². The van der Waals surface area contributed by atoms with E-state index in [-0.39, 0.29) is 0 Å². The van der Waals surface area contributed by atoms with Crippen molar-refractivity contribution in [2.75, 3.05) is 4.90 Å². The van der Waals surface area contributed by atoms with Crippen LogP contribution in [0.1, 0.15) is 0 Å². The average molecular weight is 779 g/mol. The van der Waals surface area contributed by atoms with E-state index in [0.717, 1.165) is 61.4 Å². The van der Waals surface area contributed by atoms with Crippen molar-refractivity contribution in [3.8, 4) is 39.1 Å². The van der Waals surface area contributed by atoms with Gasteiger partial charge in [0.2, 0.25) is 0 Å². The minimum atomic E-state index is 0.886. The van der Waals surface area contributed by atoms with Crippen molar-refractivity contribution in [1.29, 1.82) is 0 Å². The van der Waals surface area contributed by atoms with E-state index in [9.17, 15) is 0 Å². The first-order valence-corrected chi connectivity index (χ1v) is 20.8. The molecule has 2 heterocycles. The third kappa shape index (κ3) is 5.90. The van der Waals surface area contributed by atoms with Crippen LogP contribution in [0.25, 0.3) is 93.6 Å². The Bertz CT molecular complexity index is 3540. The van der Waals surface area contributed by atoms with E-state index in [1.54, 1.807) is 0 Å². The molecule has 0 unspecified atom stereocenters. The fraction of sp³-hybridized carbons (Fsp3) is 0. The molecule has 0 bridgehead atoms. The van der Waals surface area contributed by atoms with E-state index >= 15 is 0 Å². The first kappa shape index (κ1) is 34.9. The zero-order valence-electron chi connectivity index (χ0n) is 33.2. The highest BCUT2D eigenvalue weighted by Gasteiger charge is 2.23. The predicted molar refractivity (Wildman–Crippen MR) is 257 cm³/mol. The summed E-state index contributed by atoms with van der Waals surface area (Å²) in [5.74, 6) is 0. The lowest BCUT2D eigenvalue weighted by Gasteiger charge is -2.30. The molecule has 10 aromatic carbocycles. The smallest absolute Gasteiger partial charge is 0.135 e. The average Bonchev–Trinajstić information content (AvgIpc) is 3.88. The highest BCUT2D eigenvalue weighted by atomic mass is 16.3. The van der Waals surface area contributed by atoms with Crippen LogP contribution in [0.3, 0.4) is 0 Å². The summed E-state index contributed by atoms with van der Waals surface area (Å²) in [5, 5.41) is 7.20. The molecule has 12 aromatic rings.